The van der Waals surface area contributed by atoms with Crippen LogP contribution in [-0.4, -0.2) is 71.8 Å². The van der Waals surface area contributed by atoms with E-state index >= 15 is 0 Å². The van der Waals surface area contributed by atoms with Gasteiger partial charge in [-0.3, -0.25) is 9.59 Å². The number of benzene rings is 4. The quantitative estimate of drug-likeness (QED) is 0.0416. The Morgan fingerprint density at radius 3 is 2.48 bits per heavy atom. The van der Waals surface area contributed by atoms with Crippen molar-refractivity contribution in [2.24, 2.45) is 28.8 Å². The van der Waals surface area contributed by atoms with Gasteiger partial charge in [0.25, 0.3) is 0 Å². The first-order valence-corrected chi connectivity index (χ1v) is 21.5. The van der Waals surface area contributed by atoms with Gasteiger partial charge in [-0.1, -0.05) is 84.7 Å². The Labute approximate surface area is 352 Å². The number of carbonyl (C=O) groups is 2. The molecule has 1 heterocycles. The van der Waals surface area contributed by atoms with Crippen LogP contribution in [0.2, 0.25) is 0 Å². The number of fused-ring (bicyclic) bond motifs is 3. The molecule has 60 heavy (non-hydrogen) atoms. The summed E-state index contributed by atoms with van der Waals surface area (Å²) in [5.74, 6) is -0.0343. The minimum Gasteiger partial charge on any atom is -0.459 e. The van der Waals surface area contributed by atoms with Gasteiger partial charge in [-0.05, 0) is 103 Å². The molecule has 10 heteroatoms. The average molecular weight is 813 g/mol. The van der Waals surface area contributed by atoms with Crippen LogP contribution in [-0.2, 0) is 20.9 Å². The molecular weight excluding hydrogens is 757 g/mol. The molecule has 0 unspecified atom stereocenters. The minimum absolute atomic E-state index is 0.0696. The summed E-state index contributed by atoms with van der Waals surface area (Å²) < 4.78 is 21.0. The summed E-state index contributed by atoms with van der Waals surface area (Å²) in [5.41, 5.74) is 4.25. The number of amides is 1. The highest BCUT2D eigenvalue weighted by molar-refractivity contribution is 6.03. The first-order valence-electron chi connectivity index (χ1n) is 21.5. The molecule has 4 aromatic rings. The Balaban J connectivity index is 1.33. The molecule has 8 rings (SSSR count). The van der Waals surface area contributed by atoms with Crippen LogP contribution < -0.4 is 9.47 Å². The highest BCUT2D eigenvalue weighted by Crippen LogP contribution is 2.62. The largest absolute Gasteiger partial charge is 0.459 e. The number of ether oxygens (including phenoxy) is 3. The number of allylic oxidation sites excluding steroid dienone is 1. The van der Waals surface area contributed by atoms with Crippen LogP contribution in [0, 0.1) is 23.7 Å². The summed E-state index contributed by atoms with van der Waals surface area (Å²) >= 11 is 0. The molecule has 2 saturated carbocycles. The Morgan fingerprint density at radius 2 is 1.72 bits per heavy atom. The lowest BCUT2D eigenvalue weighted by Gasteiger charge is -2.60. The fourth-order valence-corrected chi connectivity index (χ4v) is 10.1. The van der Waals surface area contributed by atoms with Crippen LogP contribution in [0.1, 0.15) is 85.2 Å². The minimum atomic E-state index is -1.36. The zero-order valence-electron chi connectivity index (χ0n) is 34.4. The number of unbranched alkanes of at least 4 members (excludes halogenated alkanes) is 2. The molecule has 4 aliphatic rings. The number of aliphatic hydroxyl groups is 2. The molecule has 0 radical (unpaired) electrons. The number of nitrogens with zero attached hydrogens (tertiary/aromatic N) is 2. The van der Waals surface area contributed by atoms with Crippen molar-refractivity contribution >= 4 is 28.7 Å². The monoisotopic (exact) mass is 812 g/mol. The summed E-state index contributed by atoms with van der Waals surface area (Å²) in [7, 11) is 1.56. The SMILES string of the molecule is C=CCO[C@@]12Oc3ccc(Oc4cccc(C=O)c4)cc3[C@H]3[C@H](CCCCO)[C@@H](CCCCO)C=C(C(=NOC)C[C@@H]1N(Cc1cccc4ccccc14)C(=O)C1CC1)[C@H]32. The van der Waals surface area contributed by atoms with Gasteiger partial charge in [0, 0.05) is 49.1 Å². The second kappa shape index (κ2) is 18.5. The normalized spacial score (nSPS) is 24.8. The van der Waals surface area contributed by atoms with Gasteiger partial charge in [0.1, 0.15) is 36.7 Å². The molecule has 1 amide bonds. The van der Waals surface area contributed by atoms with E-state index in [4.69, 9.17) is 24.2 Å². The first kappa shape index (κ1) is 41.4. The molecule has 0 saturated heterocycles. The third-order valence-corrected chi connectivity index (χ3v) is 12.9. The van der Waals surface area contributed by atoms with E-state index in [1.165, 1.54) is 0 Å². The fourth-order valence-electron chi connectivity index (χ4n) is 10.1. The number of rotatable bonds is 19. The third kappa shape index (κ3) is 8.25. The van der Waals surface area contributed by atoms with Crippen LogP contribution >= 0.6 is 0 Å². The van der Waals surface area contributed by atoms with Gasteiger partial charge in [0.15, 0.2) is 0 Å². The number of oxime groups is 1. The van der Waals surface area contributed by atoms with Crippen LogP contribution in [0.15, 0.2) is 114 Å². The van der Waals surface area contributed by atoms with Gasteiger partial charge in [-0.2, -0.15) is 0 Å². The average Bonchev–Trinajstić information content (AvgIpc) is 4.13. The lowest BCUT2D eigenvalue weighted by atomic mass is 9.55. The van der Waals surface area contributed by atoms with Gasteiger partial charge in [-0.15, -0.1) is 6.58 Å². The molecular formula is C50H56N2O8. The summed E-state index contributed by atoms with van der Waals surface area (Å²) in [6, 6.07) is 26.9. The van der Waals surface area contributed by atoms with E-state index in [2.05, 4.69) is 43.0 Å². The summed E-state index contributed by atoms with van der Waals surface area (Å²) in [6.07, 6.45) is 11.6. The first-order chi connectivity index (χ1) is 29.4. The van der Waals surface area contributed by atoms with Crippen molar-refractivity contribution in [1.29, 1.82) is 0 Å². The van der Waals surface area contributed by atoms with E-state index in [1.54, 1.807) is 31.4 Å². The lowest BCUT2D eigenvalue weighted by Crippen LogP contribution is -2.70. The number of hydrogen-bond acceptors (Lipinski definition) is 9. The lowest BCUT2D eigenvalue weighted by molar-refractivity contribution is -0.258. The number of carbonyl (C=O) groups excluding carboxylic acids is 2. The molecule has 0 aromatic heterocycles. The Bertz CT molecular complexity index is 2240. The maximum Gasteiger partial charge on any atom is 0.239 e. The van der Waals surface area contributed by atoms with Gasteiger partial charge in [-0.25, -0.2) is 0 Å². The van der Waals surface area contributed by atoms with E-state index in [1.807, 2.05) is 41.3 Å². The van der Waals surface area contributed by atoms with Crippen molar-refractivity contribution in [3.8, 4) is 17.2 Å². The van der Waals surface area contributed by atoms with E-state index in [0.717, 1.165) is 78.0 Å². The van der Waals surface area contributed by atoms with E-state index in [0.29, 0.717) is 48.6 Å². The highest BCUT2D eigenvalue weighted by atomic mass is 16.7. The molecule has 314 valence electrons. The van der Waals surface area contributed by atoms with Gasteiger partial charge < -0.3 is 34.2 Å². The van der Waals surface area contributed by atoms with Crippen molar-refractivity contribution in [2.75, 3.05) is 26.9 Å². The molecule has 0 bridgehead atoms. The van der Waals surface area contributed by atoms with Gasteiger partial charge in [0.05, 0.1) is 18.2 Å². The zero-order valence-corrected chi connectivity index (χ0v) is 34.4. The molecule has 6 atom stereocenters. The molecule has 3 aliphatic carbocycles. The Kier molecular flexibility index (Phi) is 12.8. The Hall–Kier alpha value is -5.29. The van der Waals surface area contributed by atoms with Gasteiger partial charge >= 0.3 is 0 Å². The third-order valence-electron chi connectivity index (χ3n) is 12.9. The van der Waals surface area contributed by atoms with Crippen LogP contribution in [0.25, 0.3) is 10.8 Å². The van der Waals surface area contributed by atoms with Crippen molar-refractivity contribution < 1.29 is 38.9 Å². The molecule has 0 spiro atoms. The van der Waals surface area contributed by atoms with Crippen LogP contribution in [0.4, 0.5) is 0 Å². The standard InChI is InChI=1S/C50H56N2O8/c1-3-26-58-50-46(52(49(56)35-20-21-35)31-37-16-11-15-34-13-4-5-18-40(34)37)30-44(51-57-2)42-28-36(14-6-8-24-53)41(19-7-9-25-54)47(48(42)50)43-29-39(22-23-45(43)60-50)59-38-17-10-12-33(27-38)32-55/h3-5,10-13,15-18,22-23,27-29,32,35-36,41,46-48,53-54H,1,6-9,14,19-21,24-26,30-31H2,2H3/t36-,41+,46-,47+,48+,50+/m0/s1. The summed E-state index contributed by atoms with van der Waals surface area (Å²) in [4.78, 5) is 34.2. The highest BCUT2D eigenvalue weighted by Gasteiger charge is 2.66. The van der Waals surface area contributed by atoms with Crippen molar-refractivity contribution in [2.45, 2.75) is 82.1 Å². The molecule has 2 N–H and O–H groups in total. The Morgan fingerprint density at radius 1 is 0.950 bits per heavy atom. The second-order valence-electron chi connectivity index (χ2n) is 16.6. The van der Waals surface area contributed by atoms with E-state index < -0.39 is 17.7 Å². The molecule has 2 fully saturated rings. The van der Waals surface area contributed by atoms with Crippen LogP contribution in [0.3, 0.4) is 0 Å². The number of aliphatic hydroxyl groups excluding tert-OH is 2. The van der Waals surface area contributed by atoms with Crippen LogP contribution in [0.5, 0.6) is 17.2 Å². The predicted octanol–water partition coefficient (Wildman–Crippen LogP) is 9.15. The summed E-state index contributed by atoms with van der Waals surface area (Å²) in [6.45, 7) is 4.81. The smallest absolute Gasteiger partial charge is 0.239 e. The van der Waals surface area contributed by atoms with E-state index in [-0.39, 0.29) is 49.4 Å². The topological polar surface area (TPSA) is 127 Å². The number of hydrogen-bond donors (Lipinski definition) is 2. The van der Waals surface area contributed by atoms with Crippen molar-refractivity contribution in [1.82, 2.24) is 4.90 Å². The maximum absolute atomic E-state index is 14.9. The fraction of sp³-hybridized carbons (Fsp3) is 0.420. The molecule has 4 aromatic carbocycles. The van der Waals surface area contributed by atoms with Crippen molar-refractivity contribution in [3.05, 3.63) is 126 Å². The second-order valence-corrected chi connectivity index (χ2v) is 16.6. The predicted molar refractivity (Wildman–Crippen MR) is 231 cm³/mol. The number of aldehydes is 1. The zero-order chi connectivity index (χ0) is 41.6. The van der Waals surface area contributed by atoms with Gasteiger partial charge in [0.2, 0.25) is 11.7 Å². The van der Waals surface area contributed by atoms with E-state index in [9.17, 15) is 19.8 Å². The molecule has 10 nitrogen and oxygen atoms in total. The summed E-state index contributed by atoms with van der Waals surface area (Å²) in [5, 5.41) is 26.8. The maximum atomic E-state index is 14.9. The molecule has 1 aliphatic heterocycles. The van der Waals surface area contributed by atoms with Crippen molar-refractivity contribution in [3.63, 3.8) is 0 Å².